The van der Waals surface area contributed by atoms with Gasteiger partial charge in [-0.3, -0.25) is 9.59 Å². The number of benzene rings is 2. The Kier molecular flexibility index (Phi) is 6.31. The van der Waals surface area contributed by atoms with Crippen LogP contribution >= 0.6 is 0 Å². The largest absolute Gasteiger partial charge is 0.492 e. The lowest BCUT2D eigenvalue weighted by Crippen LogP contribution is -2.40. The Bertz CT molecular complexity index is 1310. The first-order valence-electron chi connectivity index (χ1n) is 12.3. The molecule has 7 heteroatoms. The number of hydrogen-bond acceptors (Lipinski definition) is 6. The third kappa shape index (κ3) is 4.61. The molecule has 1 aromatic heterocycles. The van der Waals surface area contributed by atoms with E-state index >= 15 is 0 Å². The first kappa shape index (κ1) is 23.7. The lowest BCUT2D eigenvalue weighted by atomic mass is 9.74. The number of nitrogens with zero attached hydrogens (tertiary/aromatic N) is 1. The predicted molar refractivity (Wildman–Crippen MR) is 140 cm³/mol. The highest BCUT2D eigenvalue weighted by atomic mass is 16.5. The van der Waals surface area contributed by atoms with Crippen LogP contribution in [0.3, 0.4) is 0 Å². The summed E-state index contributed by atoms with van der Waals surface area (Å²) < 4.78 is 11.5. The highest BCUT2D eigenvalue weighted by Gasteiger charge is 2.42. The summed E-state index contributed by atoms with van der Waals surface area (Å²) in [5.74, 6) is 1.08. The fourth-order valence-corrected chi connectivity index (χ4v) is 5.17. The molecule has 186 valence electrons. The average molecular weight is 486 g/mol. The minimum Gasteiger partial charge on any atom is -0.492 e. The van der Waals surface area contributed by atoms with Crippen molar-refractivity contribution in [2.75, 3.05) is 28.7 Å². The van der Waals surface area contributed by atoms with Crippen molar-refractivity contribution in [3.63, 3.8) is 0 Å². The zero-order valence-electron chi connectivity index (χ0n) is 20.8. The Hall–Kier alpha value is -4.00. The molecule has 1 aliphatic carbocycles. The van der Waals surface area contributed by atoms with E-state index in [1.54, 1.807) is 6.26 Å². The van der Waals surface area contributed by atoms with E-state index in [9.17, 15) is 9.59 Å². The van der Waals surface area contributed by atoms with E-state index in [2.05, 4.69) is 24.5 Å². The molecule has 0 saturated carbocycles. The quantitative estimate of drug-likeness (QED) is 0.450. The van der Waals surface area contributed by atoms with Gasteiger partial charge in [-0.2, -0.15) is 0 Å². The van der Waals surface area contributed by atoms with Crippen molar-refractivity contribution in [2.45, 2.75) is 39.7 Å². The zero-order valence-corrected chi connectivity index (χ0v) is 20.8. The topological polar surface area (TPSA) is 83.8 Å². The number of furan rings is 1. The van der Waals surface area contributed by atoms with E-state index in [1.165, 1.54) is 0 Å². The minimum atomic E-state index is -0.539. The summed E-state index contributed by atoms with van der Waals surface area (Å²) in [4.78, 5) is 29.0. The second-order valence-corrected chi connectivity index (χ2v) is 10.00. The second-order valence-electron chi connectivity index (χ2n) is 10.00. The molecular formula is C29H31N3O4. The number of carbonyl (C=O) groups is 2. The number of para-hydroxylation sites is 4. The van der Waals surface area contributed by atoms with Crippen molar-refractivity contribution in [3.05, 3.63) is 84.0 Å². The first-order chi connectivity index (χ1) is 17.4. The minimum absolute atomic E-state index is 0.0119. The average Bonchev–Trinajstić information content (AvgIpc) is 3.32. The van der Waals surface area contributed by atoms with E-state index in [0.29, 0.717) is 35.8 Å². The van der Waals surface area contributed by atoms with Crippen molar-refractivity contribution < 1.29 is 18.7 Å². The van der Waals surface area contributed by atoms with Gasteiger partial charge in [-0.15, -0.1) is 0 Å². The summed E-state index contributed by atoms with van der Waals surface area (Å²) in [5, 5.41) is 6.54. The van der Waals surface area contributed by atoms with Crippen LogP contribution < -0.4 is 20.3 Å². The van der Waals surface area contributed by atoms with E-state index in [-0.39, 0.29) is 23.7 Å². The first-order valence-corrected chi connectivity index (χ1v) is 12.3. The molecule has 0 spiro atoms. The van der Waals surface area contributed by atoms with Crippen LogP contribution in [0.15, 0.2) is 82.6 Å². The summed E-state index contributed by atoms with van der Waals surface area (Å²) in [6.45, 7) is 6.62. The molecule has 7 nitrogen and oxygen atoms in total. The monoisotopic (exact) mass is 485 g/mol. The number of nitrogens with one attached hydrogen (secondary N) is 2. The van der Waals surface area contributed by atoms with Gasteiger partial charge in [0.05, 0.1) is 36.5 Å². The van der Waals surface area contributed by atoms with Crippen molar-refractivity contribution in [1.29, 1.82) is 0 Å². The van der Waals surface area contributed by atoms with Gasteiger partial charge in [-0.05, 0) is 55.2 Å². The van der Waals surface area contributed by atoms with Gasteiger partial charge in [-0.1, -0.05) is 38.1 Å². The van der Waals surface area contributed by atoms with Gasteiger partial charge in [0, 0.05) is 17.7 Å². The van der Waals surface area contributed by atoms with Crippen molar-refractivity contribution >= 4 is 28.8 Å². The number of anilines is 3. The molecule has 0 radical (unpaired) electrons. The van der Waals surface area contributed by atoms with Gasteiger partial charge in [-0.25, -0.2) is 0 Å². The van der Waals surface area contributed by atoms with E-state index in [4.69, 9.17) is 9.15 Å². The number of Topliss-reactive ketones (excluding diaryl/α,β-unsaturated/α-hetero) is 1. The number of ketones is 1. The molecule has 1 amide bonds. The third-order valence-electron chi connectivity index (χ3n) is 6.59. The van der Waals surface area contributed by atoms with E-state index < -0.39 is 6.04 Å². The van der Waals surface area contributed by atoms with E-state index in [1.807, 2.05) is 72.5 Å². The molecule has 2 N–H and O–H groups in total. The summed E-state index contributed by atoms with van der Waals surface area (Å²) in [7, 11) is 0. The standard InChI is InChI=1S/C29H31N3O4/c1-4-35-24-13-8-6-11-20(24)31-26(34)18-32-22-12-7-5-10-19(22)30-21-16-29(2,3)17-23(33)27(21)28(32)25-14-9-15-36-25/h5-15,28,30H,4,16-18H2,1-3H3,(H,31,34)/t28-/m0/s1. The molecule has 3 aromatic rings. The summed E-state index contributed by atoms with van der Waals surface area (Å²) in [6.07, 6.45) is 2.76. The molecule has 0 bridgehead atoms. The Morgan fingerprint density at radius 1 is 1.11 bits per heavy atom. The number of ether oxygens (including phenoxy) is 1. The zero-order chi connectivity index (χ0) is 25.3. The molecular weight excluding hydrogens is 454 g/mol. The SMILES string of the molecule is CCOc1ccccc1NC(=O)CN1c2ccccc2NC2=C(C(=O)CC(C)(C)C2)[C@@H]1c1ccco1. The maximum absolute atomic E-state index is 13.6. The maximum atomic E-state index is 13.6. The highest BCUT2D eigenvalue weighted by Crippen LogP contribution is 2.48. The summed E-state index contributed by atoms with van der Waals surface area (Å²) >= 11 is 0. The normalized spacial score (nSPS) is 18.6. The van der Waals surface area contributed by atoms with Crippen molar-refractivity contribution in [3.8, 4) is 5.75 Å². The van der Waals surface area contributed by atoms with Crippen molar-refractivity contribution in [1.82, 2.24) is 0 Å². The molecule has 0 fully saturated rings. The Morgan fingerprint density at radius 2 is 1.89 bits per heavy atom. The van der Waals surface area contributed by atoms with Crippen LogP contribution in [0.4, 0.5) is 17.1 Å². The molecule has 2 heterocycles. The van der Waals surface area contributed by atoms with Crippen LogP contribution in [0.2, 0.25) is 0 Å². The number of allylic oxidation sites excluding steroid dienone is 1. The fraction of sp³-hybridized carbons (Fsp3) is 0.310. The lowest BCUT2D eigenvalue weighted by Gasteiger charge is -2.36. The summed E-state index contributed by atoms with van der Waals surface area (Å²) in [5.41, 5.74) is 3.66. The Morgan fingerprint density at radius 3 is 2.67 bits per heavy atom. The van der Waals surface area contributed by atoms with Gasteiger partial charge < -0.3 is 24.7 Å². The van der Waals surface area contributed by atoms with Crippen LogP contribution in [0.25, 0.3) is 0 Å². The number of amides is 1. The molecule has 2 aliphatic rings. The molecule has 0 saturated heterocycles. The number of hydrogen-bond donors (Lipinski definition) is 2. The van der Waals surface area contributed by atoms with Crippen LogP contribution in [0, 0.1) is 5.41 Å². The molecule has 1 aliphatic heterocycles. The summed E-state index contributed by atoms with van der Waals surface area (Å²) in [6, 6.07) is 18.3. The fourth-order valence-electron chi connectivity index (χ4n) is 5.17. The van der Waals surface area contributed by atoms with Crippen LogP contribution in [-0.2, 0) is 9.59 Å². The van der Waals surface area contributed by atoms with E-state index in [0.717, 1.165) is 23.5 Å². The van der Waals surface area contributed by atoms with Crippen LogP contribution in [0.5, 0.6) is 5.75 Å². The smallest absolute Gasteiger partial charge is 0.244 e. The number of carbonyl (C=O) groups excluding carboxylic acids is 2. The molecule has 2 aromatic carbocycles. The Balaban J connectivity index is 1.57. The van der Waals surface area contributed by atoms with Gasteiger partial charge in [0.15, 0.2) is 5.78 Å². The molecule has 36 heavy (non-hydrogen) atoms. The molecule has 0 unspecified atom stereocenters. The van der Waals surface area contributed by atoms with Crippen LogP contribution in [-0.4, -0.2) is 24.8 Å². The third-order valence-corrected chi connectivity index (χ3v) is 6.59. The van der Waals surface area contributed by atoms with Gasteiger partial charge in [0.2, 0.25) is 5.91 Å². The van der Waals surface area contributed by atoms with Crippen LogP contribution in [0.1, 0.15) is 45.4 Å². The molecule has 1 atom stereocenters. The number of rotatable bonds is 6. The lowest BCUT2D eigenvalue weighted by molar-refractivity contribution is -0.119. The van der Waals surface area contributed by atoms with Crippen molar-refractivity contribution in [2.24, 2.45) is 5.41 Å². The second kappa shape index (κ2) is 9.57. The maximum Gasteiger partial charge on any atom is 0.244 e. The number of fused-ring (bicyclic) bond motifs is 1. The van der Waals surface area contributed by atoms with Gasteiger partial charge in [0.25, 0.3) is 0 Å². The Labute approximate surface area is 211 Å². The molecule has 5 rings (SSSR count). The highest BCUT2D eigenvalue weighted by molar-refractivity contribution is 6.02. The van der Waals surface area contributed by atoms with Gasteiger partial charge in [0.1, 0.15) is 17.6 Å². The predicted octanol–water partition coefficient (Wildman–Crippen LogP) is 5.93. The van der Waals surface area contributed by atoms with Gasteiger partial charge >= 0.3 is 0 Å².